The summed E-state index contributed by atoms with van der Waals surface area (Å²) in [5, 5.41) is 0.522. The fraction of sp³-hybridized carbons (Fsp3) is 0.143. The first-order valence-electron chi connectivity index (χ1n) is 5.71. The van der Waals surface area contributed by atoms with Gasteiger partial charge in [0.15, 0.2) is 21.3 Å². The molecule has 0 radical (unpaired) electrons. The summed E-state index contributed by atoms with van der Waals surface area (Å²) in [6.07, 6.45) is 1.16. The number of halogens is 1. The van der Waals surface area contributed by atoms with Crippen LogP contribution in [0, 0.1) is 0 Å². The molecule has 2 aromatic rings. The van der Waals surface area contributed by atoms with Gasteiger partial charge in [-0.15, -0.1) is 0 Å². The van der Waals surface area contributed by atoms with Gasteiger partial charge < -0.3 is 9.47 Å². The first-order chi connectivity index (χ1) is 9.40. The first kappa shape index (κ1) is 14.7. The molecule has 0 aliphatic carbocycles. The highest BCUT2D eigenvalue weighted by molar-refractivity contribution is 7.90. The molecule has 0 spiro atoms. The zero-order valence-electron chi connectivity index (χ0n) is 11.0. The Labute approximate surface area is 122 Å². The van der Waals surface area contributed by atoms with Crippen LogP contribution in [0.5, 0.6) is 17.2 Å². The summed E-state index contributed by atoms with van der Waals surface area (Å²) in [6, 6.07) is 11.2. The van der Waals surface area contributed by atoms with Gasteiger partial charge in [-0.1, -0.05) is 11.6 Å². The van der Waals surface area contributed by atoms with Crippen LogP contribution >= 0.6 is 11.6 Å². The second-order valence-corrected chi connectivity index (χ2v) is 6.59. The van der Waals surface area contributed by atoms with Crippen molar-refractivity contribution >= 4 is 21.4 Å². The summed E-state index contributed by atoms with van der Waals surface area (Å²) in [4.78, 5) is 0.239. The van der Waals surface area contributed by atoms with Gasteiger partial charge in [0.2, 0.25) is 0 Å². The Balaban J connectivity index is 2.29. The number of sulfone groups is 1. The Hall–Kier alpha value is -1.72. The van der Waals surface area contributed by atoms with Crippen molar-refractivity contribution in [2.75, 3.05) is 13.4 Å². The number of hydrogen-bond donors (Lipinski definition) is 0. The van der Waals surface area contributed by atoms with Crippen molar-refractivity contribution in [1.29, 1.82) is 0 Å². The molecule has 4 nitrogen and oxygen atoms in total. The molecule has 0 fully saturated rings. The van der Waals surface area contributed by atoms with Gasteiger partial charge in [-0.2, -0.15) is 0 Å². The third-order valence-electron chi connectivity index (χ3n) is 2.61. The molecule has 106 valence electrons. The Morgan fingerprint density at radius 3 is 2.20 bits per heavy atom. The lowest BCUT2D eigenvalue weighted by atomic mass is 10.3. The van der Waals surface area contributed by atoms with E-state index in [0.29, 0.717) is 22.3 Å². The van der Waals surface area contributed by atoms with E-state index in [9.17, 15) is 8.42 Å². The van der Waals surface area contributed by atoms with E-state index >= 15 is 0 Å². The normalized spacial score (nSPS) is 11.2. The van der Waals surface area contributed by atoms with E-state index < -0.39 is 9.84 Å². The van der Waals surface area contributed by atoms with Crippen LogP contribution in [0.25, 0.3) is 0 Å². The lowest BCUT2D eigenvalue weighted by Crippen LogP contribution is -1.96. The van der Waals surface area contributed by atoms with Crippen molar-refractivity contribution in [2.45, 2.75) is 4.90 Å². The van der Waals surface area contributed by atoms with Crippen molar-refractivity contribution in [3.63, 3.8) is 0 Å². The molecule has 0 saturated carbocycles. The standard InChI is InChI=1S/C14H13ClO4S/c1-18-13-8-3-10(15)9-14(13)19-11-4-6-12(7-5-11)20(2,16)17/h3-9H,1-2H3. The maximum atomic E-state index is 11.4. The van der Waals surface area contributed by atoms with E-state index in [1.54, 1.807) is 30.3 Å². The summed E-state index contributed by atoms with van der Waals surface area (Å²) >= 11 is 5.91. The second-order valence-electron chi connectivity index (χ2n) is 4.14. The maximum Gasteiger partial charge on any atom is 0.175 e. The molecule has 0 aromatic heterocycles. The second kappa shape index (κ2) is 5.73. The summed E-state index contributed by atoms with van der Waals surface area (Å²) in [5.41, 5.74) is 0. The van der Waals surface area contributed by atoms with Crippen LogP contribution in [0.2, 0.25) is 5.02 Å². The van der Waals surface area contributed by atoms with Crippen molar-refractivity contribution in [2.24, 2.45) is 0 Å². The summed E-state index contributed by atoms with van der Waals surface area (Å²) in [6.45, 7) is 0. The number of hydrogen-bond acceptors (Lipinski definition) is 4. The molecule has 0 heterocycles. The van der Waals surface area contributed by atoms with Crippen LogP contribution in [0.1, 0.15) is 0 Å². The number of rotatable bonds is 4. The van der Waals surface area contributed by atoms with Crippen molar-refractivity contribution in [3.05, 3.63) is 47.5 Å². The Kier molecular flexibility index (Phi) is 4.20. The van der Waals surface area contributed by atoms with Crippen LogP contribution in [0.3, 0.4) is 0 Å². The highest BCUT2D eigenvalue weighted by Gasteiger charge is 2.09. The van der Waals surface area contributed by atoms with E-state index in [2.05, 4.69) is 0 Å². The van der Waals surface area contributed by atoms with E-state index in [4.69, 9.17) is 21.1 Å². The molecule has 0 unspecified atom stereocenters. The zero-order chi connectivity index (χ0) is 14.8. The van der Waals surface area contributed by atoms with E-state index in [1.165, 1.54) is 19.2 Å². The van der Waals surface area contributed by atoms with Gasteiger partial charge in [0.1, 0.15) is 5.75 Å². The average molecular weight is 313 g/mol. The molecule has 0 N–H and O–H groups in total. The van der Waals surface area contributed by atoms with Gasteiger partial charge in [-0.05, 0) is 36.4 Å². The molecule has 20 heavy (non-hydrogen) atoms. The molecular formula is C14H13ClO4S. The van der Waals surface area contributed by atoms with Gasteiger partial charge in [-0.25, -0.2) is 8.42 Å². The van der Waals surface area contributed by atoms with Gasteiger partial charge in [0.05, 0.1) is 12.0 Å². The fourth-order valence-corrected chi connectivity index (χ4v) is 2.40. The summed E-state index contributed by atoms with van der Waals surface area (Å²) in [5.74, 6) is 1.51. The van der Waals surface area contributed by atoms with Crippen molar-refractivity contribution in [1.82, 2.24) is 0 Å². The number of benzene rings is 2. The van der Waals surface area contributed by atoms with Gasteiger partial charge in [0, 0.05) is 17.3 Å². The van der Waals surface area contributed by atoms with Crippen LogP contribution in [0.15, 0.2) is 47.4 Å². The van der Waals surface area contributed by atoms with Gasteiger partial charge in [-0.3, -0.25) is 0 Å². The molecule has 0 aliphatic rings. The van der Waals surface area contributed by atoms with Gasteiger partial charge in [0.25, 0.3) is 0 Å². The van der Waals surface area contributed by atoms with E-state index in [-0.39, 0.29) is 4.90 Å². The minimum Gasteiger partial charge on any atom is -0.493 e. The zero-order valence-corrected chi connectivity index (χ0v) is 12.5. The molecule has 0 aliphatic heterocycles. The lowest BCUT2D eigenvalue weighted by molar-refractivity contribution is 0.379. The first-order valence-corrected chi connectivity index (χ1v) is 7.98. The van der Waals surface area contributed by atoms with Gasteiger partial charge >= 0.3 is 0 Å². The van der Waals surface area contributed by atoms with Crippen molar-refractivity contribution < 1.29 is 17.9 Å². The number of methoxy groups -OCH3 is 1. The molecule has 0 saturated heterocycles. The minimum atomic E-state index is -3.21. The van der Waals surface area contributed by atoms with Crippen LogP contribution < -0.4 is 9.47 Å². The Morgan fingerprint density at radius 1 is 1.00 bits per heavy atom. The Morgan fingerprint density at radius 2 is 1.65 bits per heavy atom. The van der Waals surface area contributed by atoms with Crippen LogP contribution in [-0.4, -0.2) is 21.8 Å². The molecule has 2 rings (SSSR count). The third kappa shape index (κ3) is 3.43. The predicted molar refractivity (Wildman–Crippen MR) is 77.6 cm³/mol. The number of ether oxygens (including phenoxy) is 2. The monoisotopic (exact) mass is 312 g/mol. The summed E-state index contributed by atoms with van der Waals surface area (Å²) < 4.78 is 33.6. The maximum absolute atomic E-state index is 11.4. The fourth-order valence-electron chi connectivity index (χ4n) is 1.61. The topological polar surface area (TPSA) is 52.6 Å². The molecule has 0 bridgehead atoms. The molecule has 0 amide bonds. The quantitative estimate of drug-likeness (QED) is 0.866. The lowest BCUT2D eigenvalue weighted by Gasteiger charge is -2.10. The SMILES string of the molecule is COc1ccc(Cl)cc1Oc1ccc(S(C)(=O)=O)cc1. The minimum absolute atomic E-state index is 0.239. The molecule has 2 aromatic carbocycles. The summed E-state index contributed by atoms with van der Waals surface area (Å²) in [7, 11) is -1.68. The Bertz CT molecular complexity index is 708. The molecule has 6 heteroatoms. The average Bonchev–Trinajstić information content (AvgIpc) is 2.38. The third-order valence-corrected chi connectivity index (χ3v) is 3.97. The van der Waals surface area contributed by atoms with Crippen LogP contribution in [0.4, 0.5) is 0 Å². The molecule has 0 atom stereocenters. The van der Waals surface area contributed by atoms with E-state index in [0.717, 1.165) is 6.26 Å². The molecular weight excluding hydrogens is 300 g/mol. The predicted octanol–water partition coefficient (Wildman–Crippen LogP) is 3.54. The smallest absolute Gasteiger partial charge is 0.175 e. The largest absolute Gasteiger partial charge is 0.493 e. The van der Waals surface area contributed by atoms with E-state index in [1.807, 2.05) is 0 Å². The van der Waals surface area contributed by atoms with Crippen LogP contribution in [-0.2, 0) is 9.84 Å². The highest BCUT2D eigenvalue weighted by Crippen LogP contribution is 2.34. The highest BCUT2D eigenvalue weighted by atomic mass is 35.5. The van der Waals surface area contributed by atoms with Crippen molar-refractivity contribution in [3.8, 4) is 17.2 Å².